The predicted octanol–water partition coefficient (Wildman–Crippen LogP) is 8.28. The van der Waals surface area contributed by atoms with Gasteiger partial charge in [0.15, 0.2) is 0 Å². The van der Waals surface area contributed by atoms with Crippen molar-refractivity contribution in [3.63, 3.8) is 0 Å². The van der Waals surface area contributed by atoms with E-state index in [2.05, 4.69) is 51.2 Å². The molecule has 7 heteroatoms. The van der Waals surface area contributed by atoms with Crippen molar-refractivity contribution in [2.75, 3.05) is 0 Å². The van der Waals surface area contributed by atoms with Crippen molar-refractivity contribution in [3.05, 3.63) is 91.7 Å². The van der Waals surface area contributed by atoms with Gasteiger partial charge in [-0.2, -0.15) is 0 Å². The number of carbonyl (C=O) groups excluding carboxylic acids is 1. The Kier molecular flexibility index (Phi) is 9.10. The van der Waals surface area contributed by atoms with Crippen LogP contribution in [0.3, 0.4) is 0 Å². The van der Waals surface area contributed by atoms with Crippen LogP contribution in [0.4, 0.5) is 0 Å². The summed E-state index contributed by atoms with van der Waals surface area (Å²) >= 11 is 7.53. The SMILES string of the molecule is CCc1cccc(CC)c1-n1c(CC(C)C)c(C(=O)NC2CCCC2)cc(-c2nc(-c3ccc(Cl)cc3)cs2)c1=O. The largest absolute Gasteiger partial charge is 0.349 e. The average Bonchev–Trinajstić information content (AvgIpc) is 3.66. The summed E-state index contributed by atoms with van der Waals surface area (Å²) in [6.07, 6.45) is 6.42. The Morgan fingerprint density at radius 2 is 1.73 bits per heavy atom. The number of pyridine rings is 1. The first kappa shape index (κ1) is 29.3. The van der Waals surface area contributed by atoms with E-state index in [1.54, 1.807) is 6.07 Å². The van der Waals surface area contributed by atoms with Crippen LogP contribution >= 0.6 is 22.9 Å². The fourth-order valence-electron chi connectivity index (χ4n) is 5.81. The number of carbonyl (C=O) groups is 1. The van der Waals surface area contributed by atoms with Crippen molar-refractivity contribution in [2.24, 2.45) is 5.92 Å². The van der Waals surface area contributed by atoms with Gasteiger partial charge in [0.1, 0.15) is 5.01 Å². The Hall–Kier alpha value is -3.22. The number of amides is 1. The Morgan fingerprint density at radius 1 is 1.07 bits per heavy atom. The standard InChI is InChI=1S/C34H38ClN3O2S/c1-5-22-10-9-11-23(6-2)31(22)38-30(18-21(3)4)27(32(39)36-26-12-7-8-13-26)19-28(34(38)40)33-37-29(20-41-33)24-14-16-25(35)17-15-24/h9-11,14-17,19-21,26H,5-8,12-13,18H2,1-4H3,(H,36,39). The fraction of sp³-hybridized carbons (Fsp3) is 0.382. The van der Waals surface area contributed by atoms with Crippen LogP contribution in [0.15, 0.2) is 58.7 Å². The number of benzene rings is 2. The molecule has 1 amide bonds. The molecular weight excluding hydrogens is 550 g/mol. The Morgan fingerprint density at radius 3 is 2.34 bits per heavy atom. The highest BCUT2D eigenvalue weighted by Gasteiger charge is 2.27. The summed E-state index contributed by atoms with van der Waals surface area (Å²) in [5.74, 6) is 0.142. The van der Waals surface area contributed by atoms with Gasteiger partial charge in [0, 0.05) is 27.7 Å². The molecule has 5 rings (SSSR count). The number of nitrogens with zero attached hydrogens (tertiary/aromatic N) is 2. The van der Waals surface area contributed by atoms with Crippen molar-refractivity contribution in [2.45, 2.75) is 78.7 Å². The number of para-hydroxylation sites is 1. The van der Waals surface area contributed by atoms with E-state index < -0.39 is 0 Å². The summed E-state index contributed by atoms with van der Waals surface area (Å²) in [6, 6.07) is 15.7. The minimum Gasteiger partial charge on any atom is -0.349 e. The first-order chi connectivity index (χ1) is 19.8. The first-order valence-electron chi connectivity index (χ1n) is 14.7. The van der Waals surface area contributed by atoms with E-state index in [-0.39, 0.29) is 23.4 Å². The number of aromatic nitrogens is 2. The van der Waals surface area contributed by atoms with Crippen LogP contribution in [0.2, 0.25) is 5.02 Å². The molecule has 2 aromatic carbocycles. The highest BCUT2D eigenvalue weighted by molar-refractivity contribution is 7.13. The predicted molar refractivity (Wildman–Crippen MR) is 171 cm³/mol. The zero-order valence-corrected chi connectivity index (χ0v) is 25.9. The van der Waals surface area contributed by atoms with Crippen molar-refractivity contribution in [1.82, 2.24) is 14.9 Å². The fourth-order valence-corrected chi connectivity index (χ4v) is 6.78. The van der Waals surface area contributed by atoms with E-state index in [4.69, 9.17) is 16.6 Å². The van der Waals surface area contributed by atoms with Gasteiger partial charge in [0.2, 0.25) is 0 Å². The van der Waals surface area contributed by atoms with E-state index in [9.17, 15) is 9.59 Å². The number of hydrogen-bond acceptors (Lipinski definition) is 4. The molecule has 1 saturated carbocycles. The monoisotopic (exact) mass is 587 g/mol. The highest BCUT2D eigenvalue weighted by Crippen LogP contribution is 2.32. The van der Waals surface area contributed by atoms with Crippen LogP contribution in [0, 0.1) is 5.92 Å². The molecule has 2 aromatic heterocycles. The number of halogens is 1. The van der Waals surface area contributed by atoms with E-state index in [1.807, 2.05) is 34.2 Å². The topological polar surface area (TPSA) is 64.0 Å². The van der Waals surface area contributed by atoms with E-state index in [0.29, 0.717) is 27.6 Å². The van der Waals surface area contributed by atoms with Gasteiger partial charge in [-0.25, -0.2) is 4.98 Å². The summed E-state index contributed by atoms with van der Waals surface area (Å²) < 4.78 is 1.85. The van der Waals surface area contributed by atoms with E-state index >= 15 is 0 Å². The Bertz CT molecular complexity index is 1580. The Balaban J connectivity index is 1.77. The summed E-state index contributed by atoms with van der Waals surface area (Å²) in [4.78, 5) is 33.5. The van der Waals surface area contributed by atoms with E-state index in [0.717, 1.165) is 72.3 Å². The maximum Gasteiger partial charge on any atom is 0.265 e. The molecule has 0 spiro atoms. The van der Waals surface area contributed by atoms with Crippen LogP contribution in [0.25, 0.3) is 27.5 Å². The normalized spacial score (nSPS) is 13.7. The van der Waals surface area contributed by atoms with Crippen LogP contribution in [0.5, 0.6) is 0 Å². The number of nitrogens with one attached hydrogen (secondary N) is 1. The lowest BCUT2D eigenvalue weighted by atomic mass is 9.97. The maximum atomic E-state index is 14.6. The van der Waals surface area contributed by atoms with Gasteiger partial charge in [-0.1, -0.05) is 82.5 Å². The van der Waals surface area contributed by atoms with Crippen LogP contribution in [-0.4, -0.2) is 21.5 Å². The molecule has 2 heterocycles. The van der Waals surface area contributed by atoms with Crippen molar-refractivity contribution in [3.8, 4) is 27.5 Å². The molecule has 1 fully saturated rings. The molecule has 0 aliphatic heterocycles. The van der Waals surface area contributed by atoms with Gasteiger partial charge in [-0.05, 0) is 67.3 Å². The molecule has 0 bridgehead atoms. The van der Waals surface area contributed by atoms with Crippen LogP contribution in [-0.2, 0) is 19.3 Å². The average molecular weight is 588 g/mol. The van der Waals surface area contributed by atoms with Gasteiger partial charge >= 0.3 is 0 Å². The summed E-state index contributed by atoms with van der Waals surface area (Å²) in [5, 5.41) is 6.52. The lowest BCUT2D eigenvalue weighted by molar-refractivity contribution is 0.0936. The third-order valence-electron chi connectivity index (χ3n) is 7.90. The van der Waals surface area contributed by atoms with Crippen molar-refractivity contribution < 1.29 is 4.79 Å². The second-order valence-corrected chi connectivity index (χ2v) is 12.6. The van der Waals surface area contributed by atoms with Crippen LogP contribution < -0.4 is 10.9 Å². The lowest BCUT2D eigenvalue weighted by Crippen LogP contribution is -2.36. The van der Waals surface area contributed by atoms with Crippen molar-refractivity contribution in [1.29, 1.82) is 0 Å². The summed E-state index contributed by atoms with van der Waals surface area (Å²) in [7, 11) is 0. The molecule has 0 saturated heterocycles. The third kappa shape index (κ3) is 6.19. The molecule has 4 aromatic rings. The molecule has 1 aliphatic rings. The molecule has 0 atom stereocenters. The Labute approximate surface area is 251 Å². The smallest absolute Gasteiger partial charge is 0.265 e. The second kappa shape index (κ2) is 12.7. The number of aryl methyl sites for hydroxylation is 2. The van der Waals surface area contributed by atoms with Crippen molar-refractivity contribution >= 4 is 28.8 Å². The molecular formula is C34H38ClN3O2S. The molecule has 1 N–H and O–H groups in total. The minimum atomic E-state index is -0.134. The maximum absolute atomic E-state index is 14.6. The van der Waals surface area contributed by atoms with Gasteiger partial charge < -0.3 is 5.32 Å². The summed E-state index contributed by atoms with van der Waals surface area (Å²) in [5.41, 5.74) is 6.46. The quantitative estimate of drug-likeness (QED) is 0.214. The molecule has 5 nitrogen and oxygen atoms in total. The number of thiazole rings is 1. The molecule has 0 unspecified atom stereocenters. The minimum absolute atomic E-state index is 0.107. The molecule has 1 aliphatic carbocycles. The molecule has 0 radical (unpaired) electrons. The molecule has 214 valence electrons. The van der Waals surface area contributed by atoms with Crippen LogP contribution in [0.1, 0.15) is 80.6 Å². The first-order valence-corrected chi connectivity index (χ1v) is 16.0. The molecule has 41 heavy (non-hydrogen) atoms. The number of rotatable bonds is 9. The highest BCUT2D eigenvalue weighted by atomic mass is 35.5. The zero-order chi connectivity index (χ0) is 29.1. The summed E-state index contributed by atoms with van der Waals surface area (Å²) in [6.45, 7) is 8.49. The third-order valence-corrected chi connectivity index (χ3v) is 9.03. The number of hydrogen-bond donors (Lipinski definition) is 1. The van der Waals surface area contributed by atoms with Gasteiger partial charge in [-0.3, -0.25) is 14.2 Å². The van der Waals surface area contributed by atoms with Gasteiger partial charge in [-0.15, -0.1) is 11.3 Å². The second-order valence-electron chi connectivity index (χ2n) is 11.3. The zero-order valence-electron chi connectivity index (χ0n) is 24.3. The van der Waals surface area contributed by atoms with Gasteiger partial charge in [0.25, 0.3) is 11.5 Å². The van der Waals surface area contributed by atoms with Gasteiger partial charge in [0.05, 0.1) is 22.5 Å². The lowest BCUT2D eigenvalue weighted by Gasteiger charge is -2.24. The van der Waals surface area contributed by atoms with E-state index in [1.165, 1.54) is 11.3 Å².